The molecular weight excluding hydrogens is 408 g/mol. The Morgan fingerprint density at radius 1 is 1.17 bits per heavy atom. The van der Waals surface area contributed by atoms with E-state index in [0.717, 1.165) is 15.6 Å². The first-order valence-electron chi connectivity index (χ1n) is 7.04. The third kappa shape index (κ3) is 3.90. The Morgan fingerprint density at radius 3 is 2.62 bits per heavy atom. The van der Waals surface area contributed by atoms with Crippen LogP contribution < -0.4 is 0 Å². The second-order valence-electron chi connectivity index (χ2n) is 4.83. The molecule has 1 heterocycles. The van der Waals surface area contributed by atoms with Crippen molar-refractivity contribution in [2.45, 2.75) is 0 Å². The van der Waals surface area contributed by atoms with Gasteiger partial charge in [-0.3, -0.25) is 0 Å². The Kier molecular flexibility index (Phi) is 5.40. The standard InChI is InChI=1S/C17H12BrClN4S/c18-15-9-5-4-8-14(15)16-21-22-17(24)23(16)20-11-13(19)10-12-6-2-1-3-7-12/h1-11H,(H,22,24)/b13-10+,20-11-. The van der Waals surface area contributed by atoms with Gasteiger partial charge in [-0.25, -0.2) is 5.10 Å². The molecule has 4 nitrogen and oxygen atoms in total. The van der Waals surface area contributed by atoms with Gasteiger partial charge in [0, 0.05) is 10.0 Å². The quantitative estimate of drug-likeness (QED) is 0.449. The molecular formula is C17H12BrClN4S. The van der Waals surface area contributed by atoms with Gasteiger partial charge >= 0.3 is 0 Å². The fourth-order valence-corrected chi connectivity index (χ4v) is 2.89. The number of nitrogens with zero attached hydrogens (tertiary/aromatic N) is 3. The number of halogens is 2. The van der Waals surface area contributed by atoms with E-state index in [9.17, 15) is 0 Å². The Morgan fingerprint density at radius 2 is 1.88 bits per heavy atom. The van der Waals surface area contributed by atoms with E-state index in [-0.39, 0.29) is 0 Å². The first kappa shape index (κ1) is 16.8. The first-order valence-corrected chi connectivity index (χ1v) is 8.62. The number of aromatic nitrogens is 3. The summed E-state index contributed by atoms with van der Waals surface area (Å²) in [7, 11) is 0. The van der Waals surface area contributed by atoms with E-state index in [1.165, 1.54) is 4.68 Å². The van der Waals surface area contributed by atoms with E-state index in [0.29, 0.717) is 15.6 Å². The van der Waals surface area contributed by atoms with Crippen molar-refractivity contribution >= 4 is 52.0 Å². The Labute approximate surface area is 157 Å². The van der Waals surface area contributed by atoms with E-state index in [2.05, 4.69) is 31.2 Å². The van der Waals surface area contributed by atoms with E-state index in [1.807, 2.05) is 60.7 Å². The lowest BCUT2D eigenvalue weighted by molar-refractivity contribution is 0.871. The van der Waals surface area contributed by atoms with Gasteiger partial charge in [0.2, 0.25) is 4.77 Å². The zero-order valence-corrected chi connectivity index (χ0v) is 15.5. The second kappa shape index (κ2) is 7.70. The van der Waals surface area contributed by atoms with Crippen molar-refractivity contribution in [1.29, 1.82) is 0 Å². The monoisotopic (exact) mass is 418 g/mol. The number of nitrogens with one attached hydrogen (secondary N) is 1. The SMILES string of the molecule is S=c1[nH]nc(-c2ccccc2Br)n1/N=C\C(Cl)=C/c1ccccc1. The average Bonchev–Trinajstić information content (AvgIpc) is 2.95. The Hall–Kier alpha value is -2.02. The van der Waals surface area contributed by atoms with Gasteiger partial charge < -0.3 is 0 Å². The van der Waals surface area contributed by atoms with Crippen molar-refractivity contribution < 1.29 is 0 Å². The predicted molar refractivity (Wildman–Crippen MR) is 105 cm³/mol. The highest BCUT2D eigenvalue weighted by molar-refractivity contribution is 9.10. The number of hydrogen-bond donors (Lipinski definition) is 1. The van der Waals surface area contributed by atoms with E-state index in [1.54, 1.807) is 6.21 Å². The number of aromatic amines is 1. The average molecular weight is 420 g/mol. The fraction of sp³-hybridized carbons (Fsp3) is 0. The first-order chi connectivity index (χ1) is 11.6. The maximum atomic E-state index is 6.24. The van der Waals surface area contributed by atoms with Crippen LogP contribution in [0.1, 0.15) is 5.56 Å². The van der Waals surface area contributed by atoms with Gasteiger partial charge in [-0.2, -0.15) is 14.9 Å². The molecule has 7 heteroatoms. The minimum atomic E-state index is 0.390. The largest absolute Gasteiger partial charge is 0.250 e. The zero-order valence-electron chi connectivity index (χ0n) is 12.4. The van der Waals surface area contributed by atoms with Gasteiger partial charge in [-0.15, -0.1) is 0 Å². The summed E-state index contributed by atoms with van der Waals surface area (Å²) in [6.45, 7) is 0. The van der Waals surface area contributed by atoms with Crippen molar-refractivity contribution in [3.05, 3.63) is 74.4 Å². The van der Waals surface area contributed by atoms with E-state index in [4.69, 9.17) is 23.8 Å². The van der Waals surface area contributed by atoms with Crippen LogP contribution in [0.3, 0.4) is 0 Å². The van der Waals surface area contributed by atoms with Crippen LogP contribution in [0, 0.1) is 4.77 Å². The summed E-state index contributed by atoms with van der Waals surface area (Å²) in [5, 5.41) is 11.8. The van der Waals surface area contributed by atoms with Crippen LogP contribution in [-0.2, 0) is 0 Å². The van der Waals surface area contributed by atoms with Crippen LogP contribution in [0.2, 0.25) is 0 Å². The van der Waals surface area contributed by atoms with Gasteiger partial charge in [-0.05, 0) is 36.0 Å². The molecule has 0 spiro atoms. The zero-order chi connectivity index (χ0) is 16.9. The highest BCUT2D eigenvalue weighted by Gasteiger charge is 2.10. The van der Waals surface area contributed by atoms with E-state index < -0.39 is 0 Å². The number of benzene rings is 2. The van der Waals surface area contributed by atoms with Gasteiger partial charge in [0.25, 0.3) is 0 Å². The number of rotatable bonds is 4. The van der Waals surface area contributed by atoms with Crippen LogP contribution in [-0.4, -0.2) is 21.1 Å². The predicted octanol–water partition coefficient (Wildman–Crippen LogP) is 5.48. The van der Waals surface area contributed by atoms with Crippen molar-refractivity contribution in [1.82, 2.24) is 14.9 Å². The number of allylic oxidation sites excluding steroid dienone is 1. The van der Waals surface area contributed by atoms with Crippen LogP contribution in [0.25, 0.3) is 17.5 Å². The van der Waals surface area contributed by atoms with E-state index >= 15 is 0 Å². The number of hydrogen-bond acceptors (Lipinski definition) is 3. The molecule has 0 radical (unpaired) electrons. The van der Waals surface area contributed by atoms with Crippen molar-refractivity contribution in [3.8, 4) is 11.4 Å². The summed E-state index contributed by atoms with van der Waals surface area (Å²) >= 11 is 15.0. The molecule has 24 heavy (non-hydrogen) atoms. The molecule has 1 N–H and O–H groups in total. The summed E-state index contributed by atoms with van der Waals surface area (Å²) in [6, 6.07) is 17.5. The molecule has 0 bridgehead atoms. The number of H-pyrrole nitrogens is 1. The topological polar surface area (TPSA) is 46.0 Å². The lowest BCUT2D eigenvalue weighted by Crippen LogP contribution is -1.95. The van der Waals surface area contributed by atoms with Gasteiger partial charge in [0.1, 0.15) is 0 Å². The highest BCUT2D eigenvalue weighted by Crippen LogP contribution is 2.26. The summed E-state index contributed by atoms with van der Waals surface area (Å²) < 4.78 is 2.83. The maximum absolute atomic E-state index is 6.24. The molecule has 3 aromatic rings. The molecule has 120 valence electrons. The summed E-state index contributed by atoms with van der Waals surface area (Å²) in [5.41, 5.74) is 1.88. The van der Waals surface area contributed by atoms with Crippen molar-refractivity contribution in [2.75, 3.05) is 0 Å². The summed E-state index contributed by atoms with van der Waals surface area (Å²) in [6.07, 6.45) is 3.37. The third-order valence-electron chi connectivity index (χ3n) is 3.17. The minimum absolute atomic E-state index is 0.390. The normalized spacial score (nSPS) is 12.0. The molecule has 0 unspecified atom stereocenters. The van der Waals surface area contributed by atoms with Crippen molar-refractivity contribution in [3.63, 3.8) is 0 Å². The molecule has 0 aliphatic carbocycles. The lowest BCUT2D eigenvalue weighted by Gasteiger charge is -2.03. The highest BCUT2D eigenvalue weighted by atomic mass is 79.9. The molecule has 0 aliphatic heterocycles. The maximum Gasteiger partial charge on any atom is 0.216 e. The molecule has 1 aromatic heterocycles. The molecule has 2 aromatic carbocycles. The lowest BCUT2D eigenvalue weighted by atomic mass is 10.2. The van der Waals surface area contributed by atoms with Gasteiger partial charge in [0.05, 0.1) is 11.2 Å². The molecule has 0 aliphatic rings. The smallest absolute Gasteiger partial charge is 0.216 e. The summed E-state index contributed by atoms with van der Waals surface area (Å²) in [4.78, 5) is 0. The van der Waals surface area contributed by atoms with Crippen LogP contribution in [0.15, 0.2) is 69.2 Å². The Balaban J connectivity index is 1.94. The van der Waals surface area contributed by atoms with Crippen LogP contribution in [0.4, 0.5) is 0 Å². The molecule has 0 saturated carbocycles. The Bertz CT molecular complexity index is 960. The minimum Gasteiger partial charge on any atom is -0.250 e. The van der Waals surface area contributed by atoms with Crippen LogP contribution in [0.5, 0.6) is 0 Å². The van der Waals surface area contributed by atoms with Gasteiger partial charge in [0.15, 0.2) is 5.82 Å². The fourth-order valence-electron chi connectivity index (χ4n) is 2.07. The van der Waals surface area contributed by atoms with Crippen molar-refractivity contribution in [2.24, 2.45) is 5.10 Å². The second-order valence-corrected chi connectivity index (χ2v) is 6.51. The molecule has 3 rings (SSSR count). The molecule has 0 fully saturated rings. The molecule has 0 atom stereocenters. The van der Waals surface area contributed by atoms with Gasteiger partial charge in [-0.1, -0.05) is 70.0 Å². The molecule has 0 amide bonds. The molecule has 0 saturated heterocycles. The van der Waals surface area contributed by atoms with Crippen LogP contribution >= 0.6 is 39.7 Å². The summed E-state index contributed by atoms with van der Waals surface area (Å²) in [5.74, 6) is 0.605. The third-order valence-corrected chi connectivity index (χ3v) is 4.33.